The molecule has 0 saturated heterocycles. The summed E-state index contributed by atoms with van der Waals surface area (Å²) in [6, 6.07) is 0.415. The van der Waals surface area contributed by atoms with E-state index in [1.807, 2.05) is 0 Å². The Labute approximate surface area is 97.5 Å². The first-order valence-corrected chi connectivity index (χ1v) is 8.09. The predicted molar refractivity (Wildman–Crippen MR) is 64.2 cm³/mol. The maximum atomic E-state index is 11.0. The van der Waals surface area contributed by atoms with E-state index in [-0.39, 0.29) is 5.75 Å². The van der Waals surface area contributed by atoms with Gasteiger partial charge in [0.1, 0.15) is 9.84 Å². The lowest BCUT2D eigenvalue weighted by atomic mass is 9.86. The summed E-state index contributed by atoms with van der Waals surface area (Å²) in [5.74, 6) is 1.41. The van der Waals surface area contributed by atoms with Crippen LogP contribution in [-0.4, -0.2) is 38.9 Å². The number of alkyl halides is 1. The fourth-order valence-electron chi connectivity index (χ4n) is 2.09. The third kappa shape index (κ3) is 5.18. The molecule has 0 bridgehead atoms. The molecule has 2 atom stereocenters. The highest BCUT2D eigenvalue weighted by Crippen LogP contribution is 2.25. The maximum absolute atomic E-state index is 11.0. The van der Waals surface area contributed by atoms with Gasteiger partial charge in [0, 0.05) is 24.7 Å². The van der Waals surface area contributed by atoms with Crippen molar-refractivity contribution in [2.75, 3.05) is 24.4 Å². The number of halogens is 1. The maximum Gasteiger partial charge on any atom is 0.148 e. The van der Waals surface area contributed by atoms with Crippen LogP contribution in [0.5, 0.6) is 0 Å². The van der Waals surface area contributed by atoms with Gasteiger partial charge in [0.15, 0.2) is 0 Å². The van der Waals surface area contributed by atoms with Gasteiger partial charge in [-0.15, -0.1) is 11.6 Å². The standard InChI is InChI=1S/C10H20ClNO2S/c1-15(13,14)7-6-12-10-5-3-2-4-9(10)8-11/h9-10,12H,2-8H2,1H3. The van der Waals surface area contributed by atoms with Crippen molar-refractivity contribution in [1.82, 2.24) is 5.32 Å². The minimum Gasteiger partial charge on any atom is -0.313 e. The molecule has 1 saturated carbocycles. The van der Waals surface area contributed by atoms with Crippen LogP contribution in [0.3, 0.4) is 0 Å². The Morgan fingerprint density at radius 2 is 2.00 bits per heavy atom. The third-order valence-electron chi connectivity index (χ3n) is 2.99. The molecule has 2 unspecified atom stereocenters. The lowest BCUT2D eigenvalue weighted by Gasteiger charge is -2.30. The molecule has 1 N–H and O–H groups in total. The van der Waals surface area contributed by atoms with E-state index in [0.717, 1.165) is 6.42 Å². The minimum atomic E-state index is -2.84. The molecule has 0 amide bonds. The van der Waals surface area contributed by atoms with Crippen molar-refractivity contribution < 1.29 is 8.42 Å². The molecule has 3 nitrogen and oxygen atoms in total. The number of rotatable bonds is 5. The quantitative estimate of drug-likeness (QED) is 0.754. The molecular weight excluding hydrogens is 234 g/mol. The monoisotopic (exact) mass is 253 g/mol. The van der Waals surface area contributed by atoms with Gasteiger partial charge in [-0.25, -0.2) is 8.42 Å². The average Bonchev–Trinajstić information content (AvgIpc) is 2.16. The molecule has 1 fully saturated rings. The second kappa shape index (κ2) is 6.06. The molecular formula is C10H20ClNO2S. The van der Waals surface area contributed by atoms with Crippen molar-refractivity contribution in [3.63, 3.8) is 0 Å². The zero-order valence-corrected chi connectivity index (χ0v) is 10.8. The summed E-state index contributed by atoms with van der Waals surface area (Å²) in [6.45, 7) is 0.552. The van der Waals surface area contributed by atoms with Crippen molar-refractivity contribution in [2.45, 2.75) is 31.7 Å². The number of sulfone groups is 1. The predicted octanol–water partition coefficient (Wildman–Crippen LogP) is 1.42. The molecule has 90 valence electrons. The summed E-state index contributed by atoms with van der Waals surface area (Å²) in [4.78, 5) is 0. The Balaban J connectivity index is 2.29. The van der Waals surface area contributed by atoms with Crippen LogP contribution in [0, 0.1) is 5.92 Å². The van der Waals surface area contributed by atoms with E-state index in [4.69, 9.17) is 11.6 Å². The van der Waals surface area contributed by atoms with Crippen LogP contribution in [0.2, 0.25) is 0 Å². The molecule has 0 aromatic carbocycles. The van der Waals surface area contributed by atoms with Crippen LogP contribution in [0.4, 0.5) is 0 Å². The molecule has 0 aromatic heterocycles. The topological polar surface area (TPSA) is 46.2 Å². The molecule has 0 aliphatic heterocycles. The van der Waals surface area contributed by atoms with Crippen molar-refractivity contribution in [2.24, 2.45) is 5.92 Å². The smallest absolute Gasteiger partial charge is 0.148 e. The first kappa shape index (κ1) is 13.3. The second-order valence-corrected chi connectivity index (χ2v) is 6.96. The zero-order chi connectivity index (χ0) is 11.3. The fraction of sp³-hybridized carbons (Fsp3) is 1.00. The van der Waals surface area contributed by atoms with E-state index in [1.54, 1.807) is 0 Å². The molecule has 15 heavy (non-hydrogen) atoms. The van der Waals surface area contributed by atoms with Gasteiger partial charge in [-0.05, 0) is 18.8 Å². The Bertz CT molecular complexity index is 279. The highest BCUT2D eigenvalue weighted by Gasteiger charge is 2.23. The van der Waals surface area contributed by atoms with Gasteiger partial charge >= 0.3 is 0 Å². The van der Waals surface area contributed by atoms with E-state index in [0.29, 0.717) is 24.4 Å². The lowest BCUT2D eigenvalue weighted by molar-refractivity contribution is 0.288. The summed E-state index contributed by atoms with van der Waals surface area (Å²) in [6.07, 6.45) is 6.04. The Morgan fingerprint density at radius 1 is 1.33 bits per heavy atom. The Morgan fingerprint density at radius 3 is 2.60 bits per heavy atom. The summed E-state index contributed by atoms with van der Waals surface area (Å²) in [5.41, 5.74) is 0. The lowest BCUT2D eigenvalue weighted by Crippen LogP contribution is -2.41. The summed E-state index contributed by atoms with van der Waals surface area (Å²) in [5, 5.41) is 3.32. The van der Waals surface area contributed by atoms with Crippen LogP contribution < -0.4 is 5.32 Å². The van der Waals surface area contributed by atoms with Gasteiger partial charge in [-0.2, -0.15) is 0 Å². The first-order chi connectivity index (χ1) is 7.03. The Kier molecular flexibility index (Phi) is 5.36. The van der Waals surface area contributed by atoms with E-state index < -0.39 is 9.84 Å². The van der Waals surface area contributed by atoms with E-state index in [2.05, 4.69) is 5.32 Å². The summed E-state index contributed by atoms with van der Waals surface area (Å²) < 4.78 is 21.9. The number of nitrogens with one attached hydrogen (secondary N) is 1. The van der Waals surface area contributed by atoms with Crippen molar-refractivity contribution in [1.29, 1.82) is 0 Å². The van der Waals surface area contributed by atoms with Crippen LogP contribution >= 0.6 is 11.6 Å². The third-order valence-corrected chi connectivity index (χ3v) is 4.33. The molecule has 0 spiro atoms. The van der Waals surface area contributed by atoms with Crippen LogP contribution in [0.25, 0.3) is 0 Å². The summed E-state index contributed by atoms with van der Waals surface area (Å²) >= 11 is 5.89. The second-order valence-electron chi connectivity index (χ2n) is 4.39. The van der Waals surface area contributed by atoms with Gasteiger partial charge in [0.25, 0.3) is 0 Å². The van der Waals surface area contributed by atoms with Crippen LogP contribution in [0.1, 0.15) is 25.7 Å². The fourth-order valence-corrected chi connectivity index (χ4v) is 2.95. The van der Waals surface area contributed by atoms with Gasteiger partial charge in [-0.3, -0.25) is 0 Å². The molecule has 0 radical (unpaired) electrons. The molecule has 0 aromatic rings. The summed E-state index contributed by atoms with van der Waals surface area (Å²) in [7, 11) is -2.84. The molecule has 1 aliphatic carbocycles. The average molecular weight is 254 g/mol. The molecule has 0 heterocycles. The van der Waals surface area contributed by atoms with Gasteiger partial charge < -0.3 is 5.32 Å². The van der Waals surface area contributed by atoms with Gasteiger partial charge in [0.05, 0.1) is 5.75 Å². The normalized spacial score (nSPS) is 27.9. The van der Waals surface area contributed by atoms with Gasteiger partial charge in [0.2, 0.25) is 0 Å². The molecule has 5 heteroatoms. The number of hydrogen-bond acceptors (Lipinski definition) is 3. The van der Waals surface area contributed by atoms with Crippen LogP contribution in [0.15, 0.2) is 0 Å². The van der Waals surface area contributed by atoms with Crippen molar-refractivity contribution in [3.8, 4) is 0 Å². The zero-order valence-electron chi connectivity index (χ0n) is 9.21. The van der Waals surface area contributed by atoms with E-state index in [9.17, 15) is 8.42 Å². The van der Waals surface area contributed by atoms with Crippen molar-refractivity contribution >= 4 is 21.4 Å². The van der Waals surface area contributed by atoms with E-state index >= 15 is 0 Å². The minimum absolute atomic E-state index is 0.221. The SMILES string of the molecule is CS(=O)(=O)CCNC1CCCCC1CCl. The largest absolute Gasteiger partial charge is 0.313 e. The molecule has 1 aliphatic rings. The van der Waals surface area contributed by atoms with E-state index in [1.165, 1.54) is 25.5 Å². The molecule has 1 rings (SSSR count). The van der Waals surface area contributed by atoms with Gasteiger partial charge in [-0.1, -0.05) is 12.8 Å². The highest BCUT2D eigenvalue weighted by atomic mass is 35.5. The Hall–Kier alpha value is 0.200. The van der Waals surface area contributed by atoms with Crippen LogP contribution in [-0.2, 0) is 9.84 Å². The highest BCUT2D eigenvalue weighted by molar-refractivity contribution is 7.90. The number of hydrogen-bond donors (Lipinski definition) is 1. The first-order valence-electron chi connectivity index (χ1n) is 5.50. The van der Waals surface area contributed by atoms with Crippen molar-refractivity contribution in [3.05, 3.63) is 0 Å².